The number of halogens is 2. The number of aryl methyl sites for hydroxylation is 1. The molecule has 4 heterocycles. The molecule has 0 bridgehead atoms. The van der Waals surface area contributed by atoms with Gasteiger partial charge in [-0.25, -0.2) is 19.0 Å². The monoisotopic (exact) mass is 569 g/mol. The highest BCUT2D eigenvalue weighted by molar-refractivity contribution is 7.96. The molecule has 0 spiro atoms. The maximum Gasteiger partial charge on any atom is 0.277 e. The van der Waals surface area contributed by atoms with Crippen molar-refractivity contribution < 1.29 is 17.8 Å². The van der Waals surface area contributed by atoms with Crippen molar-refractivity contribution in [3.8, 4) is 5.69 Å². The summed E-state index contributed by atoms with van der Waals surface area (Å²) in [5.41, 5.74) is 3.61. The molecule has 1 aromatic carbocycles. The molecule has 2 N–H and O–H groups in total. The van der Waals surface area contributed by atoms with E-state index in [1.807, 2.05) is 13.0 Å². The van der Waals surface area contributed by atoms with E-state index in [0.717, 1.165) is 34.4 Å². The Balaban J connectivity index is 0.00000353. The van der Waals surface area contributed by atoms with Gasteiger partial charge in [-0.3, -0.25) is 13.3 Å². The quantitative estimate of drug-likeness (QED) is 0.148. The molecular weight excluding hydrogens is 544 g/mol. The van der Waals surface area contributed by atoms with Crippen LogP contribution in [0.3, 0.4) is 0 Å². The number of hydrogen-bond acceptors (Lipinski definition) is 7. The Morgan fingerprint density at radius 1 is 1.15 bits per heavy atom. The molecule has 13 heteroatoms. The molecule has 0 aliphatic carbocycles. The maximum atomic E-state index is 14.9. The minimum atomic E-state index is -0.688. The lowest BCUT2D eigenvalue weighted by atomic mass is 10.1. The van der Waals surface area contributed by atoms with Gasteiger partial charge in [-0.15, -0.1) is 0 Å². The lowest BCUT2D eigenvalue weighted by molar-refractivity contribution is 0.102. The summed E-state index contributed by atoms with van der Waals surface area (Å²) in [7, 11) is 3.24. The zero-order chi connectivity index (χ0) is 26.8. The molecule has 0 saturated heterocycles. The lowest BCUT2D eigenvalue weighted by Gasteiger charge is -2.16. The number of aromatic amines is 1. The van der Waals surface area contributed by atoms with Crippen molar-refractivity contribution in [2.75, 3.05) is 23.8 Å². The lowest BCUT2D eigenvalue weighted by Crippen LogP contribution is -2.15. The number of hydrogen-bond donors (Lipinski definition) is 2. The van der Waals surface area contributed by atoms with Gasteiger partial charge in [0.05, 0.1) is 12.8 Å². The van der Waals surface area contributed by atoms with Crippen LogP contribution in [0.4, 0.5) is 20.4 Å². The number of fused-ring (bicyclic) bond motifs is 1. The number of rotatable bonds is 8. The molecule has 5 rings (SSSR count). The molecule has 0 fully saturated rings. The van der Waals surface area contributed by atoms with Gasteiger partial charge in [0.15, 0.2) is 5.69 Å². The summed E-state index contributed by atoms with van der Waals surface area (Å²) in [6, 6.07) is 12.3. The predicted octanol–water partition coefficient (Wildman–Crippen LogP) is 5.33. The first-order valence-corrected chi connectivity index (χ1v) is 12.2. The highest BCUT2D eigenvalue weighted by Gasteiger charge is 2.20. The number of carbonyl (C=O) groups excluding carboxylic acids is 1. The molecule has 202 valence electrons. The summed E-state index contributed by atoms with van der Waals surface area (Å²) in [6.45, 7) is 1.95. The van der Waals surface area contributed by atoms with Crippen molar-refractivity contribution in [2.45, 2.75) is 13.3 Å². The fourth-order valence-electron chi connectivity index (χ4n) is 3.99. The largest absolute Gasteiger partial charge is 0.346 e. The van der Waals surface area contributed by atoms with Crippen molar-refractivity contribution >= 4 is 54.3 Å². The van der Waals surface area contributed by atoms with Crippen LogP contribution in [0.5, 0.6) is 0 Å². The number of H-pyrrole nitrogens is 1. The van der Waals surface area contributed by atoms with E-state index in [1.54, 1.807) is 54.1 Å². The third-order valence-electron chi connectivity index (χ3n) is 5.81. The van der Waals surface area contributed by atoms with Gasteiger partial charge in [-0.05, 0) is 54.4 Å². The average molecular weight is 570 g/mol. The summed E-state index contributed by atoms with van der Waals surface area (Å²) in [6.07, 6.45) is 3.88. The molecule has 0 aliphatic rings. The number of benzene rings is 1. The van der Waals surface area contributed by atoms with E-state index >= 15 is 0 Å². The average Bonchev–Trinajstić information content (AvgIpc) is 3.51. The third kappa shape index (κ3) is 6.05. The number of amides is 1. The van der Waals surface area contributed by atoms with Crippen LogP contribution < -0.4 is 9.62 Å². The zero-order valence-corrected chi connectivity index (χ0v) is 23.0. The highest BCUT2D eigenvalue weighted by atomic mass is 32.2. The smallest absolute Gasteiger partial charge is 0.277 e. The van der Waals surface area contributed by atoms with Crippen LogP contribution in [-0.2, 0) is 10.6 Å². The van der Waals surface area contributed by atoms with Crippen molar-refractivity contribution in [1.29, 1.82) is 0 Å². The van der Waals surface area contributed by atoms with Crippen LogP contribution in [0.2, 0.25) is 0 Å². The highest BCUT2D eigenvalue weighted by Crippen LogP contribution is 2.26. The zero-order valence-electron chi connectivity index (χ0n) is 21.2. The molecule has 0 unspecified atom stereocenters. The summed E-state index contributed by atoms with van der Waals surface area (Å²) in [4.78, 5) is 24.4. The second kappa shape index (κ2) is 11.8. The summed E-state index contributed by atoms with van der Waals surface area (Å²) >= 11 is 1.03. The number of pyridine rings is 2. The molecule has 0 saturated carbocycles. The van der Waals surface area contributed by atoms with Gasteiger partial charge in [0.2, 0.25) is 5.95 Å². The van der Waals surface area contributed by atoms with Crippen molar-refractivity contribution in [2.24, 2.45) is 0 Å². The van der Waals surface area contributed by atoms with E-state index < -0.39 is 17.7 Å². The number of anilines is 2. The van der Waals surface area contributed by atoms with Gasteiger partial charge in [0.1, 0.15) is 35.3 Å². The van der Waals surface area contributed by atoms with Gasteiger partial charge in [-0.2, -0.15) is 23.0 Å². The normalized spacial score (nSPS) is 10.9. The number of nitrogens with zero attached hydrogens (tertiary/aromatic N) is 5. The van der Waals surface area contributed by atoms with E-state index in [-0.39, 0.29) is 25.0 Å². The Hall–Kier alpha value is -3.94. The molecule has 0 atom stereocenters. The SMILES string of the molecule is COSN(C)c1cc(C(=O)Nc2ccc(Cc3c[nH]c4ncc(C)cc34)c(F)n2)nn1-c1ccc(F)cc1.S. The van der Waals surface area contributed by atoms with Crippen LogP contribution in [0.25, 0.3) is 16.7 Å². The Labute approximate surface area is 234 Å². The van der Waals surface area contributed by atoms with Crippen molar-refractivity contribution in [1.82, 2.24) is 24.7 Å². The van der Waals surface area contributed by atoms with Gasteiger partial charge in [0.25, 0.3) is 5.91 Å². The first-order chi connectivity index (χ1) is 18.3. The van der Waals surface area contributed by atoms with Gasteiger partial charge in [-0.1, -0.05) is 6.07 Å². The Morgan fingerprint density at radius 3 is 2.64 bits per heavy atom. The second-order valence-electron chi connectivity index (χ2n) is 8.51. The molecule has 4 aromatic heterocycles. The molecular formula is C26H25F2N7O2S2. The summed E-state index contributed by atoms with van der Waals surface area (Å²) < 4.78 is 36.6. The van der Waals surface area contributed by atoms with E-state index in [4.69, 9.17) is 4.18 Å². The second-order valence-corrected chi connectivity index (χ2v) is 9.54. The Kier molecular flexibility index (Phi) is 8.53. The minimum Gasteiger partial charge on any atom is -0.346 e. The van der Waals surface area contributed by atoms with Crippen LogP contribution in [0.15, 0.2) is 60.9 Å². The van der Waals surface area contributed by atoms with Crippen LogP contribution in [0, 0.1) is 18.7 Å². The van der Waals surface area contributed by atoms with Crippen molar-refractivity contribution in [3.63, 3.8) is 0 Å². The van der Waals surface area contributed by atoms with Crippen LogP contribution in [0.1, 0.15) is 27.2 Å². The van der Waals surface area contributed by atoms with Crippen LogP contribution in [-0.4, -0.2) is 44.8 Å². The molecule has 0 radical (unpaired) electrons. The third-order valence-corrected chi connectivity index (χ3v) is 6.37. The number of aromatic nitrogens is 5. The first kappa shape index (κ1) is 28.1. The minimum absolute atomic E-state index is 0. The van der Waals surface area contributed by atoms with E-state index in [1.165, 1.54) is 23.9 Å². The number of nitrogens with one attached hydrogen (secondary N) is 2. The molecule has 0 aliphatic heterocycles. The van der Waals surface area contributed by atoms with Gasteiger partial charge < -0.3 is 10.3 Å². The fourth-order valence-corrected chi connectivity index (χ4v) is 4.42. The topological polar surface area (TPSA) is 101 Å². The Bertz CT molecular complexity index is 1620. The molecule has 5 aromatic rings. The maximum absolute atomic E-state index is 14.9. The first-order valence-electron chi connectivity index (χ1n) is 11.5. The molecule has 39 heavy (non-hydrogen) atoms. The van der Waals surface area contributed by atoms with E-state index in [0.29, 0.717) is 23.5 Å². The standard InChI is InChI=1S/C26H23F2N7O2S.H2S/c1-15-10-20-17(14-30-25(20)29-13-15)11-16-4-9-22(31-24(16)28)32-26(36)21-12-23(34(2)38-37-3)35(33-21)19-7-5-18(27)6-8-19;/h4-10,12-14H,11H2,1-3H3,(H,29,30)(H,31,32,36);1H2. The Morgan fingerprint density at radius 2 is 1.92 bits per heavy atom. The van der Waals surface area contributed by atoms with E-state index in [2.05, 4.69) is 25.4 Å². The van der Waals surface area contributed by atoms with Crippen LogP contribution >= 0.6 is 25.7 Å². The summed E-state index contributed by atoms with van der Waals surface area (Å²) in [5, 5.41) is 7.89. The van der Waals surface area contributed by atoms with Gasteiger partial charge in [0, 0.05) is 42.9 Å². The fraction of sp³-hybridized carbons (Fsp3) is 0.154. The predicted molar refractivity (Wildman–Crippen MR) is 153 cm³/mol. The number of carbonyl (C=O) groups is 1. The van der Waals surface area contributed by atoms with E-state index in [9.17, 15) is 13.6 Å². The van der Waals surface area contributed by atoms with Crippen molar-refractivity contribution in [3.05, 3.63) is 95.1 Å². The molecule has 9 nitrogen and oxygen atoms in total. The summed E-state index contributed by atoms with van der Waals surface area (Å²) in [5.74, 6) is -1.11. The van der Waals surface area contributed by atoms with Gasteiger partial charge >= 0.3 is 0 Å². The molecule has 1 amide bonds.